The fourth-order valence-electron chi connectivity index (χ4n) is 1.88. The maximum atomic E-state index is 6.08. The molecule has 1 aromatic carbocycles. The summed E-state index contributed by atoms with van der Waals surface area (Å²) in [5.41, 5.74) is 8.80. The Morgan fingerprint density at radius 2 is 2.00 bits per heavy atom. The number of para-hydroxylation sites is 1. The Kier molecular flexibility index (Phi) is 4.55. The maximum Gasteiger partial charge on any atom is 0.159 e. The van der Waals surface area contributed by atoms with E-state index in [1.54, 1.807) is 6.08 Å². The Morgan fingerprint density at radius 3 is 2.75 bits per heavy atom. The number of nitrogens with one attached hydrogen (secondary N) is 2. The lowest BCUT2D eigenvalue weighted by Crippen LogP contribution is -2.08. The zero-order valence-corrected chi connectivity index (χ0v) is 11.6. The van der Waals surface area contributed by atoms with Crippen molar-refractivity contribution in [1.82, 2.24) is 9.97 Å². The highest BCUT2D eigenvalue weighted by atomic mass is 15.1. The van der Waals surface area contributed by atoms with E-state index in [0.29, 0.717) is 23.9 Å². The van der Waals surface area contributed by atoms with E-state index >= 15 is 0 Å². The summed E-state index contributed by atoms with van der Waals surface area (Å²) in [4.78, 5) is 8.33. The van der Waals surface area contributed by atoms with E-state index in [1.807, 2.05) is 18.2 Å². The van der Waals surface area contributed by atoms with Gasteiger partial charge in [0.1, 0.15) is 12.0 Å². The number of anilines is 4. The van der Waals surface area contributed by atoms with E-state index in [2.05, 4.69) is 40.2 Å². The van der Waals surface area contributed by atoms with E-state index in [9.17, 15) is 0 Å². The van der Waals surface area contributed by atoms with Gasteiger partial charge in [0.05, 0.1) is 0 Å². The summed E-state index contributed by atoms with van der Waals surface area (Å²) in [6.07, 6.45) is 4.18. The van der Waals surface area contributed by atoms with E-state index in [4.69, 9.17) is 5.73 Å². The van der Waals surface area contributed by atoms with Crippen LogP contribution in [0.15, 0.2) is 43.2 Å². The molecule has 0 unspecified atom stereocenters. The fraction of sp³-hybridized carbons (Fsp3) is 0.200. The molecule has 4 N–H and O–H groups in total. The molecule has 2 rings (SSSR count). The van der Waals surface area contributed by atoms with E-state index < -0.39 is 0 Å². The fourth-order valence-corrected chi connectivity index (χ4v) is 1.88. The number of nitrogen functional groups attached to an aromatic ring is 1. The van der Waals surface area contributed by atoms with Crippen LogP contribution in [0.1, 0.15) is 12.5 Å². The van der Waals surface area contributed by atoms with Crippen LogP contribution >= 0.6 is 0 Å². The molecule has 0 aliphatic carbocycles. The highest BCUT2D eigenvalue weighted by molar-refractivity contribution is 5.78. The number of aromatic nitrogens is 2. The summed E-state index contributed by atoms with van der Waals surface area (Å²) in [5.74, 6) is 1.21. The van der Waals surface area contributed by atoms with Gasteiger partial charge in [0.15, 0.2) is 11.6 Å². The first kappa shape index (κ1) is 13.9. The van der Waals surface area contributed by atoms with Crippen LogP contribution < -0.4 is 16.4 Å². The average Bonchev–Trinajstić information content (AvgIpc) is 2.48. The maximum absolute atomic E-state index is 6.08. The minimum Gasteiger partial charge on any atom is -0.393 e. The van der Waals surface area contributed by atoms with Crippen LogP contribution in [0.25, 0.3) is 0 Å². The lowest BCUT2D eigenvalue weighted by Gasteiger charge is -2.13. The van der Waals surface area contributed by atoms with Crippen LogP contribution in [0.2, 0.25) is 0 Å². The van der Waals surface area contributed by atoms with Gasteiger partial charge in [-0.1, -0.05) is 31.2 Å². The lowest BCUT2D eigenvalue weighted by atomic mass is 10.1. The molecule has 104 valence electrons. The molecular formula is C15H19N5. The number of rotatable bonds is 6. The summed E-state index contributed by atoms with van der Waals surface area (Å²) in [5, 5.41) is 6.35. The van der Waals surface area contributed by atoms with Crippen LogP contribution in [-0.4, -0.2) is 16.5 Å². The molecule has 5 heteroatoms. The van der Waals surface area contributed by atoms with Crippen molar-refractivity contribution in [3.8, 4) is 0 Å². The molecule has 2 aromatic rings. The molecule has 0 spiro atoms. The largest absolute Gasteiger partial charge is 0.393 e. The lowest BCUT2D eigenvalue weighted by molar-refractivity contribution is 1.12. The van der Waals surface area contributed by atoms with Crippen LogP contribution in [0.4, 0.5) is 23.0 Å². The summed E-state index contributed by atoms with van der Waals surface area (Å²) in [6.45, 7) is 6.37. The molecule has 0 amide bonds. The molecule has 20 heavy (non-hydrogen) atoms. The van der Waals surface area contributed by atoms with Crippen LogP contribution in [0.5, 0.6) is 0 Å². The van der Waals surface area contributed by atoms with Crippen molar-refractivity contribution in [2.75, 3.05) is 22.9 Å². The molecule has 0 aliphatic rings. The Hall–Kier alpha value is -2.56. The number of nitrogens with two attached hydrogens (primary N) is 1. The number of hydrogen-bond acceptors (Lipinski definition) is 5. The molecule has 0 aliphatic heterocycles. The van der Waals surface area contributed by atoms with Gasteiger partial charge in [-0.3, -0.25) is 0 Å². The second-order valence-corrected chi connectivity index (χ2v) is 4.29. The quantitative estimate of drug-likeness (QED) is 0.703. The number of aryl methyl sites for hydroxylation is 1. The van der Waals surface area contributed by atoms with Crippen molar-refractivity contribution >= 4 is 23.0 Å². The highest BCUT2D eigenvalue weighted by Crippen LogP contribution is 2.27. The van der Waals surface area contributed by atoms with Crippen molar-refractivity contribution < 1.29 is 0 Å². The minimum absolute atomic E-state index is 0.500. The topological polar surface area (TPSA) is 75.9 Å². The van der Waals surface area contributed by atoms with Gasteiger partial charge >= 0.3 is 0 Å². The first-order valence-corrected chi connectivity index (χ1v) is 6.56. The third-order valence-corrected chi connectivity index (χ3v) is 2.95. The second kappa shape index (κ2) is 6.56. The molecule has 1 aromatic heterocycles. The van der Waals surface area contributed by atoms with E-state index in [-0.39, 0.29) is 0 Å². The van der Waals surface area contributed by atoms with E-state index in [0.717, 1.165) is 12.1 Å². The van der Waals surface area contributed by atoms with Crippen LogP contribution in [-0.2, 0) is 6.42 Å². The van der Waals surface area contributed by atoms with Crippen LogP contribution in [0.3, 0.4) is 0 Å². The third-order valence-electron chi connectivity index (χ3n) is 2.95. The molecule has 1 heterocycles. The summed E-state index contributed by atoms with van der Waals surface area (Å²) < 4.78 is 0. The zero-order valence-electron chi connectivity index (χ0n) is 11.6. The van der Waals surface area contributed by atoms with Gasteiger partial charge in [-0.05, 0) is 18.1 Å². The first-order chi connectivity index (χ1) is 9.76. The second-order valence-electron chi connectivity index (χ2n) is 4.29. The molecule has 5 nitrogen and oxygen atoms in total. The van der Waals surface area contributed by atoms with Crippen molar-refractivity contribution in [2.45, 2.75) is 13.3 Å². The van der Waals surface area contributed by atoms with Gasteiger partial charge in [0, 0.05) is 12.2 Å². The number of hydrogen-bond donors (Lipinski definition) is 3. The number of benzene rings is 1. The van der Waals surface area contributed by atoms with E-state index in [1.165, 1.54) is 11.9 Å². The van der Waals surface area contributed by atoms with Gasteiger partial charge in [0.25, 0.3) is 0 Å². The Labute approximate surface area is 119 Å². The Bertz CT molecular complexity index is 595. The average molecular weight is 269 g/mol. The van der Waals surface area contributed by atoms with Gasteiger partial charge in [-0.15, -0.1) is 6.58 Å². The molecule has 0 saturated carbocycles. The Morgan fingerprint density at radius 1 is 1.25 bits per heavy atom. The predicted molar refractivity (Wildman–Crippen MR) is 84.2 cm³/mol. The summed E-state index contributed by atoms with van der Waals surface area (Å²) in [7, 11) is 0. The van der Waals surface area contributed by atoms with Gasteiger partial charge in [-0.25, -0.2) is 9.97 Å². The standard InChI is InChI=1S/C15H19N5/c1-3-9-17-14-13(16)15(19-10-18-14)20-12-8-6-5-7-11(12)4-2/h3,5-8,10H,1,4,9,16H2,2H3,(H2,17,18,19,20). The van der Waals surface area contributed by atoms with Gasteiger partial charge in [-0.2, -0.15) is 0 Å². The zero-order chi connectivity index (χ0) is 14.4. The highest BCUT2D eigenvalue weighted by Gasteiger charge is 2.09. The smallest absolute Gasteiger partial charge is 0.159 e. The SMILES string of the molecule is C=CCNc1ncnc(Nc2ccccc2CC)c1N. The molecular weight excluding hydrogens is 250 g/mol. The third kappa shape index (κ3) is 3.06. The number of nitrogens with zero attached hydrogens (tertiary/aromatic N) is 2. The molecule has 0 bridgehead atoms. The molecule has 0 saturated heterocycles. The van der Waals surface area contributed by atoms with Gasteiger partial charge in [0.2, 0.25) is 0 Å². The molecule has 0 atom stereocenters. The normalized spacial score (nSPS) is 10.1. The molecule has 0 radical (unpaired) electrons. The van der Waals surface area contributed by atoms with Crippen molar-refractivity contribution in [3.63, 3.8) is 0 Å². The monoisotopic (exact) mass is 269 g/mol. The minimum atomic E-state index is 0.500. The van der Waals surface area contributed by atoms with Gasteiger partial charge < -0.3 is 16.4 Å². The van der Waals surface area contributed by atoms with Crippen molar-refractivity contribution in [1.29, 1.82) is 0 Å². The summed E-state index contributed by atoms with van der Waals surface area (Å²) >= 11 is 0. The molecule has 0 fully saturated rings. The van der Waals surface area contributed by atoms with Crippen LogP contribution in [0, 0.1) is 0 Å². The Balaban J connectivity index is 2.27. The summed E-state index contributed by atoms with van der Waals surface area (Å²) in [6, 6.07) is 8.09. The van der Waals surface area contributed by atoms with Crippen molar-refractivity contribution in [3.05, 3.63) is 48.8 Å². The first-order valence-electron chi connectivity index (χ1n) is 6.56. The predicted octanol–water partition coefficient (Wildman–Crippen LogP) is 2.96. The van der Waals surface area contributed by atoms with Crippen molar-refractivity contribution in [2.24, 2.45) is 0 Å².